The lowest BCUT2D eigenvalue weighted by atomic mass is 10.1. The van der Waals surface area contributed by atoms with Crippen LogP contribution in [0, 0.1) is 0 Å². The van der Waals surface area contributed by atoms with Crippen molar-refractivity contribution in [1.82, 2.24) is 10.1 Å². The third kappa shape index (κ3) is 2.02. The number of rotatable bonds is 2. The first-order valence-corrected chi connectivity index (χ1v) is 6.70. The Morgan fingerprint density at radius 3 is 2.85 bits per heavy atom. The summed E-state index contributed by atoms with van der Waals surface area (Å²) in [5.74, 6) is 2.81. The summed E-state index contributed by atoms with van der Waals surface area (Å²) < 4.78 is 22.1. The molecule has 20 heavy (non-hydrogen) atoms. The molecule has 2 aliphatic rings. The van der Waals surface area contributed by atoms with Gasteiger partial charge in [-0.25, -0.2) is 0 Å². The predicted molar refractivity (Wildman–Crippen MR) is 67.8 cm³/mol. The Hall–Kier alpha value is -2.08. The van der Waals surface area contributed by atoms with Gasteiger partial charge < -0.3 is 18.7 Å². The van der Waals surface area contributed by atoms with Crippen molar-refractivity contribution in [2.45, 2.75) is 18.4 Å². The van der Waals surface area contributed by atoms with Crippen molar-refractivity contribution in [3.63, 3.8) is 0 Å². The van der Waals surface area contributed by atoms with Crippen LogP contribution in [0.5, 0.6) is 11.5 Å². The van der Waals surface area contributed by atoms with Gasteiger partial charge in [0.15, 0.2) is 17.6 Å². The highest BCUT2D eigenvalue weighted by molar-refractivity contribution is 5.40. The molecule has 0 saturated carbocycles. The van der Waals surface area contributed by atoms with E-state index in [-0.39, 0.29) is 12.0 Å². The Morgan fingerprint density at radius 1 is 1.10 bits per heavy atom. The van der Waals surface area contributed by atoms with Gasteiger partial charge in [0.2, 0.25) is 11.7 Å². The fourth-order valence-corrected chi connectivity index (χ4v) is 2.42. The van der Waals surface area contributed by atoms with Gasteiger partial charge in [-0.2, -0.15) is 4.98 Å². The van der Waals surface area contributed by atoms with Gasteiger partial charge in [0.25, 0.3) is 0 Å². The minimum Gasteiger partial charge on any atom is -0.485 e. The van der Waals surface area contributed by atoms with E-state index in [1.807, 2.05) is 24.3 Å². The molecule has 2 aromatic rings. The van der Waals surface area contributed by atoms with Crippen molar-refractivity contribution in [3.05, 3.63) is 36.0 Å². The average Bonchev–Trinajstić information content (AvgIpc) is 3.17. The number of para-hydroxylation sites is 2. The summed E-state index contributed by atoms with van der Waals surface area (Å²) in [5, 5.41) is 4.01. The van der Waals surface area contributed by atoms with Crippen molar-refractivity contribution >= 4 is 0 Å². The van der Waals surface area contributed by atoms with E-state index in [0.29, 0.717) is 30.7 Å². The number of nitrogens with zero attached hydrogens (tertiary/aromatic N) is 2. The smallest absolute Gasteiger partial charge is 0.232 e. The van der Waals surface area contributed by atoms with Crippen LogP contribution in [0.4, 0.5) is 0 Å². The molecule has 0 spiro atoms. The van der Waals surface area contributed by atoms with E-state index in [1.54, 1.807) is 0 Å². The second-order valence-corrected chi connectivity index (χ2v) is 4.92. The van der Waals surface area contributed by atoms with Crippen LogP contribution in [-0.4, -0.2) is 30.0 Å². The fourth-order valence-electron chi connectivity index (χ4n) is 2.42. The van der Waals surface area contributed by atoms with Gasteiger partial charge in [0.1, 0.15) is 6.61 Å². The van der Waals surface area contributed by atoms with E-state index in [2.05, 4.69) is 10.1 Å². The summed E-state index contributed by atoms with van der Waals surface area (Å²) in [6.45, 7) is 1.78. The topological polar surface area (TPSA) is 66.6 Å². The Morgan fingerprint density at radius 2 is 2.00 bits per heavy atom. The molecule has 104 valence electrons. The lowest BCUT2D eigenvalue weighted by molar-refractivity contribution is 0.0832. The zero-order chi connectivity index (χ0) is 13.4. The Labute approximate surface area is 115 Å². The first-order chi connectivity index (χ1) is 9.90. The molecule has 4 rings (SSSR count). The van der Waals surface area contributed by atoms with E-state index in [9.17, 15) is 0 Å². The maximum atomic E-state index is 5.85. The van der Waals surface area contributed by atoms with Crippen LogP contribution in [0.25, 0.3) is 0 Å². The molecule has 6 heteroatoms. The predicted octanol–water partition coefficient (Wildman–Crippen LogP) is 2.09. The quantitative estimate of drug-likeness (QED) is 0.835. The second kappa shape index (κ2) is 4.79. The van der Waals surface area contributed by atoms with Crippen molar-refractivity contribution in [2.75, 3.05) is 19.8 Å². The van der Waals surface area contributed by atoms with E-state index >= 15 is 0 Å². The first-order valence-electron chi connectivity index (χ1n) is 6.70. The standard InChI is InChI=1S/C14H14N2O4/c1-2-4-11-10(3-1)18-8-12(19-11)13-15-14(20-16-13)9-5-6-17-7-9/h1-4,9,12H,5-8H2. The molecule has 1 aromatic carbocycles. The molecule has 2 atom stereocenters. The highest BCUT2D eigenvalue weighted by Gasteiger charge is 2.29. The largest absolute Gasteiger partial charge is 0.485 e. The van der Waals surface area contributed by atoms with E-state index < -0.39 is 0 Å². The maximum absolute atomic E-state index is 5.85. The van der Waals surface area contributed by atoms with E-state index in [1.165, 1.54) is 0 Å². The molecular formula is C14H14N2O4. The molecule has 0 N–H and O–H groups in total. The summed E-state index contributed by atoms with van der Waals surface area (Å²) in [6, 6.07) is 7.56. The molecule has 0 amide bonds. The first kappa shape index (κ1) is 11.7. The molecule has 1 saturated heterocycles. The summed E-state index contributed by atoms with van der Waals surface area (Å²) in [4.78, 5) is 4.43. The minimum absolute atomic E-state index is 0.202. The summed E-state index contributed by atoms with van der Waals surface area (Å²) in [7, 11) is 0. The van der Waals surface area contributed by atoms with Crippen LogP contribution < -0.4 is 9.47 Å². The number of benzene rings is 1. The summed E-state index contributed by atoms with van der Waals surface area (Å²) in [5.41, 5.74) is 0. The van der Waals surface area contributed by atoms with E-state index in [0.717, 1.165) is 18.8 Å². The summed E-state index contributed by atoms with van der Waals surface area (Å²) >= 11 is 0. The highest BCUT2D eigenvalue weighted by Crippen LogP contribution is 2.35. The molecule has 3 heterocycles. The molecule has 1 aromatic heterocycles. The van der Waals surface area contributed by atoms with Crippen LogP contribution in [0.15, 0.2) is 28.8 Å². The van der Waals surface area contributed by atoms with Crippen molar-refractivity contribution in [2.24, 2.45) is 0 Å². The van der Waals surface area contributed by atoms with Gasteiger partial charge >= 0.3 is 0 Å². The lowest BCUT2D eigenvalue weighted by Gasteiger charge is -2.24. The van der Waals surface area contributed by atoms with Crippen molar-refractivity contribution < 1.29 is 18.7 Å². The van der Waals surface area contributed by atoms with Crippen molar-refractivity contribution in [3.8, 4) is 11.5 Å². The van der Waals surface area contributed by atoms with Crippen LogP contribution >= 0.6 is 0 Å². The van der Waals surface area contributed by atoms with Crippen molar-refractivity contribution in [1.29, 1.82) is 0 Å². The number of hydrogen-bond acceptors (Lipinski definition) is 6. The molecule has 6 nitrogen and oxygen atoms in total. The van der Waals surface area contributed by atoms with Crippen LogP contribution in [-0.2, 0) is 4.74 Å². The number of hydrogen-bond donors (Lipinski definition) is 0. The Kier molecular flexibility index (Phi) is 2.81. The molecule has 2 unspecified atom stereocenters. The number of fused-ring (bicyclic) bond motifs is 1. The van der Waals surface area contributed by atoms with Gasteiger partial charge in [-0.15, -0.1) is 0 Å². The van der Waals surface area contributed by atoms with Crippen LogP contribution in [0.2, 0.25) is 0 Å². The Bertz CT molecular complexity index is 607. The monoisotopic (exact) mass is 274 g/mol. The third-order valence-corrected chi connectivity index (χ3v) is 3.53. The van der Waals surface area contributed by atoms with Gasteiger partial charge in [-0.3, -0.25) is 0 Å². The molecule has 2 aliphatic heterocycles. The van der Waals surface area contributed by atoms with Gasteiger partial charge in [0, 0.05) is 6.61 Å². The zero-order valence-electron chi connectivity index (χ0n) is 10.8. The molecule has 1 fully saturated rings. The number of ether oxygens (including phenoxy) is 3. The average molecular weight is 274 g/mol. The van der Waals surface area contributed by atoms with Gasteiger partial charge in [-0.05, 0) is 18.6 Å². The minimum atomic E-state index is -0.329. The van der Waals surface area contributed by atoms with E-state index in [4.69, 9.17) is 18.7 Å². The lowest BCUT2D eigenvalue weighted by Crippen LogP contribution is -2.22. The molecule has 0 aliphatic carbocycles. The fraction of sp³-hybridized carbons (Fsp3) is 0.429. The Balaban J connectivity index is 1.54. The normalized spacial score (nSPS) is 24.8. The third-order valence-electron chi connectivity index (χ3n) is 3.53. The zero-order valence-corrected chi connectivity index (χ0v) is 10.8. The number of aromatic nitrogens is 2. The van der Waals surface area contributed by atoms with Gasteiger partial charge in [-0.1, -0.05) is 17.3 Å². The molecule has 0 radical (unpaired) electrons. The highest BCUT2D eigenvalue weighted by atomic mass is 16.6. The van der Waals surface area contributed by atoms with Crippen LogP contribution in [0.1, 0.15) is 30.2 Å². The molecular weight excluding hydrogens is 260 g/mol. The SMILES string of the molecule is c1ccc2c(c1)OCC(c1noc(C3CCOC3)n1)O2. The van der Waals surface area contributed by atoms with Gasteiger partial charge in [0.05, 0.1) is 12.5 Å². The second-order valence-electron chi connectivity index (χ2n) is 4.92. The maximum Gasteiger partial charge on any atom is 0.232 e. The van der Waals surface area contributed by atoms with Crippen LogP contribution in [0.3, 0.4) is 0 Å². The summed E-state index contributed by atoms with van der Waals surface area (Å²) in [6.07, 6.45) is 0.594. The molecule has 0 bridgehead atoms.